The minimum Gasteiger partial charge on any atom is -0.337 e. The standard InChI is InChI=1S/C14H20N4O/c1-2-13(16)9-14(19)18(8-4-6-15)11-12-5-3-7-17-10-12/h3,5,7,10,13H,2,4,8-9,11,16H2,1H3. The van der Waals surface area contributed by atoms with E-state index >= 15 is 0 Å². The van der Waals surface area contributed by atoms with Gasteiger partial charge < -0.3 is 10.6 Å². The second kappa shape index (κ2) is 8.22. The van der Waals surface area contributed by atoms with E-state index in [1.807, 2.05) is 19.1 Å². The molecule has 1 aromatic heterocycles. The zero-order valence-corrected chi connectivity index (χ0v) is 11.2. The van der Waals surface area contributed by atoms with Gasteiger partial charge in [0.15, 0.2) is 0 Å². The fourth-order valence-corrected chi connectivity index (χ4v) is 1.69. The summed E-state index contributed by atoms with van der Waals surface area (Å²) in [4.78, 5) is 17.8. The molecule has 1 aromatic rings. The molecule has 0 aliphatic carbocycles. The molecule has 19 heavy (non-hydrogen) atoms. The van der Waals surface area contributed by atoms with Crippen molar-refractivity contribution in [1.29, 1.82) is 5.26 Å². The van der Waals surface area contributed by atoms with Gasteiger partial charge in [-0.05, 0) is 18.1 Å². The topological polar surface area (TPSA) is 83.0 Å². The van der Waals surface area contributed by atoms with Crippen molar-refractivity contribution in [1.82, 2.24) is 9.88 Å². The second-order valence-corrected chi connectivity index (χ2v) is 4.46. The molecule has 0 radical (unpaired) electrons. The summed E-state index contributed by atoms with van der Waals surface area (Å²) >= 11 is 0. The third-order valence-corrected chi connectivity index (χ3v) is 2.90. The lowest BCUT2D eigenvalue weighted by Gasteiger charge is -2.23. The summed E-state index contributed by atoms with van der Waals surface area (Å²) in [7, 11) is 0. The van der Waals surface area contributed by atoms with Gasteiger partial charge in [0.1, 0.15) is 0 Å². The van der Waals surface area contributed by atoms with Gasteiger partial charge in [0.2, 0.25) is 5.91 Å². The van der Waals surface area contributed by atoms with Gasteiger partial charge in [0.25, 0.3) is 0 Å². The molecule has 1 amide bonds. The van der Waals surface area contributed by atoms with Crippen LogP contribution in [0.1, 0.15) is 31.7 Å². The van der Waals surface area contributed by atoms with Crippen molar-refractivity contribution >= 4 is 5.91 Å². The Balaban J connectivity index is 2.66. The monoisotopic (exact) mass is 260 g/mol. The number of carbonyl (C=O) groups excluding carboxylic acids is 1. The molecule has 0 aliphatic rings. The Morgan fingerprint density at radius 1 is 1.63 bits per heavy atom. The van der Waals surface area contributed by atoms with Crippen LogP contribution in [0.4, 0.5) is 0 Å². The highest BCUT2D eigenvalue weighted by Crippen LogP contribution is 2.07. The molecule has 0 saturated carbocycles. The fraction of sp³-hybridized carbons (Fsp3) is 0.500. The highest BCUT2D eigenvalue weighted by Gasteiger charge is 2.16. The van der Waals surface area contributed by atoms with Crippen LogP contribution in [0.25, 0.3) is 0 Å². The van der Waals surface area contributed by atoms with E-state index in [1.54, 1.807) is 17.3 Å². The van der Waals surface area contributed by atoms with Crippen molar-refractivity contribution in [2.24, 2.45) is 5.73 Å². The van der Waals surface area contributed by atoms with Gasteiger partial charge >= 0.3 is 0 Å². The summed E-state index contributed by atoms with van der Waals surface area (Å²) in [5.74, 6) is -0.00606. The molecule has 1 rings (SSSR count). The first kappa shape index (κ1) is 15.1. The normalized spacial score (nSPS) is 11.6. The number of amides is 1. The number of hydrogen-bond donors (Lipinski definition) is 1. The number of nitriles is 1. The summed E-state index contributed by atoms with van der Waals surface area (Å²) in [5.41, 5.74) is 6.77. The quantitative estimate of drug-likeness (QED) is 0.804. The van der Waals surface area contributed by atoms with E-state index in [2.05, 4.69) is 11.1 Å². The number of rotatable bonds is 7. The van der Waals surface area contributed by atoms with E-state index < -0.39 is 0 Å². The van der Waals surface area contributed by atoms with Crippen LogP contribution < -0.4 is 5.73 Å². The molecular weight excluding hydrogens is 240 g/mol. The van der Waals surface area contributed by atoms with E-state index in [9.17, 15) is 4.79 Å². The fourth-order valence-electron chi connectivity index (χ4n) is 1.69. The maximum absolute atomic E-state index is 12.1. The van der Waals surface area contributed by atoms with Crippen LogP contribution in [0.3, 0.4) is 0 Å². The lowest BCUT2D eigenvalue weighted by atomic mass is 10.1. The average molecular weight is 260 g/mol. The molecule has 0 spiro atoms. The van der Waals surface area contributed by atoms with Crippen molar-refractivity contribution < 1.29 is 4.79 Å². The number of hydrogen-bond acceptors (Lipinski definition) is 4. The lowest BCUT2D eigenvalue weighted by molar-refractivity contribution is -0.132. The maximum atomic E-state index is 12.1. The molecule has 0 saturated heterocycles. The highest BCUT2D eigenvalue weighted by molar-refractivity contribution is 5.76. The zero-order chi connectivity index (χ0) is 14.1. The average Bonchev–Trinajstić information content (AvgIpc) is 2.44. The predicted octanol–water partition coefficient (Wildman–Crippen LogP) is 1.45. The molecule has 0 fully saturated rings. The first-order valence-corrected chi connectivity index (χ1v) is 6.46. The molecule has 1 heterocycles. The van der Waals surface area contributed by atoms with Crippen LogP contribution in [-0.2, 0) is 11.3 Å². The number of carbonyl (C=O) groups is 1. The largest absolute Gasteiger partial charge is 0.337 e. The van der Waals surface area contributed by atoms with Crippen molar-refractivity contribution in [3.63, 3.8) is 0 Å². The van der Waals surface area contributed by atoms with Gasteiger partial charge in [-0.1, -0.05) is 13.0 Å². The minimum absolute atomic E-state index is 0.00606. The van der Waals surface area contributed by atoms with Crippen molar-refractivity contribution in [3.8, 4) is 6.07 Å². The summed E-state index contributed by atoms with van der Waals surface area (Å²) in [6.07, 6.45) is 4.84. The summed E-state index contributed by atoms with van der Waals surface area (Å²) < 4.78 is 0. The van der Waals surface area contributed by atoms with Crippen LogP contribution in [0.2, 0.25) is 0 Å². The predicted molar refractivity (Wildman–Crippen MR) is 72.8 cm³/mol. The first-order chi connectivity index (χ1) is 9.17. The first-order valence-electron chi connectivity index (χ1n) is 6.46. The maximum Gasteiger partial charge on any atom is 0.224 e. The van der Waals surface area contributed by atoms with E-state index in [1.165, 1.54) is 0 Å². The highest BCUT2D eigenvalue weighted by atomic mass is 16.2. The Morgan fingerprint density at radius 2 is 2.42 bits per heavy atom. The Labute approximate surface area is 114 Å². The molecule has 5 nitrogen and oxygen atoms in total. The summed E-state index contributed by atoms with van der Waals surface area (Å²) in [6, 6.07) is 5.70. The minimum atomic E-state index is -0.119. The molecule has 5 heteroatoms. The van der Waals surface area contributed by atoms with Crippen LogP contribution in [0.15, 0.2) is 24.5 Å². The van der Waals surface area contributed by atoms with E-state index in [-0.39, 0.29) is 11.9 Å². The Kier molecular flexibility index (Phi) is 6.55. The van der Waals surface area contributed by atoms with E-state index in [4.69, 9.17) is 11.0 Å². The van der Waals surface area contributed by atoms with Crippen LogP contribution in [0.5, 0.6) is 0 Å². The summed E-state index contributed by atoms with van der Waals surface area (Å²) in [6.45, 7) is 2.87. The second-order valence-electron chi connectivity index (χ2n) is 4.46. The van der Waals surface area contributed by atoms with Crippen LogP contribution >= 0.6 is 0 Å². The number of nitrogens with zero attached hydrogens (tertiary/aromatic N) is 3. The number of pyridine rings is 1. The molecule has 0 aromatic carbocycles. The van der Waals surface area contributed by atoms with Gasteiger partial charge in [0.05, 0.1) is 12.5 Å². The summed E-state index contributed by atoms with van der Waals surface area (Å²) in [5, 5.41) is 8.67. The van der Waals surface area contributed by atoms with Crippen LogP contribution in [-0.4, -0.2) is 28.4 Å². The molecular formula is C14H20N4O. The smallest absolute Gasteiger partial charge is 0.224 e. The van der Waals surface area contributed by atoms with Gasteiger partial charge in [-0.25, -0.2) is 0 Å². The van der Waals surface area contributed by atoms with Crippen molar-refractivity contribution in [2.75, 3.05) is 6.54 Å². The Bertz CT molecular complexity index is 427. The Morgan fingerprint density at radius 3 is 3.00 bits per heavy atom. The molecule has 1 atom stereocenters. The van der Waals surface area contributed by atoms with E-state index in [0.717, 1.165) is 12.0 Å². The molecule has 0 bridgehead atoms. The third-order valence-electron chi connectivity index (χ3n) is 2.90. The van der Waals surface area contributed by atoms with Gasteiger partial charge in [-0.3, -0.25) is 9.78 Å². The van der Waals surface area contributed by atoms with Gasteiger partial charge in [-0.15, -0.1) is 0 Å². The molecule has 102 valence electrons. The van der Waals surface area contributed by atoms with Gasteiger partial charge in [0, 0.05) is 37.9 Å². The lowest BCUT2D eigenvalue weighted by Crippen LogP contribution is -2.36. The van der Waals surface area contributed by atoms with Gasteiger partial charge in [-0.2, -0.15) is 5.26 Å². The van der Waals surface area contributed by atoms with E-state index in [0.29, 0.717) is 25.9 Å². The SMILES string of the molecule is CCC(N)CC(=O)N(CCC#N)Cc1cccnc1. The zero-order valence-electron chi connectivity index (χ0n) is 11.2. The number of nitrogens with two attached hydrogens (primary N) is 1. The number of aromatic nitrogens is 1. The Hall–Kier alpha value is -1.93. The van der Waals surface area contributed by atoms with Crippen LogP contribution in [0, 0.1) is 11.3 Å². The van der Waals surface area contributed by atoms with Crippen molar-refractivity contribution in [3.05, 3.63) is 30.1 Å². The molecule has 1 unspecified atom stereocenters. The molecule has 0 aliphatic heterocycles. The molecule has 2 N–H and O–H groups in total. The van der Waals surface area contributed by atoms with Crippen molar-refractivity contribution in [2.45, 2.75) is 38.8 Å². The third kappa shape index (κ3) is 5.49.